The summed E-state index contributed by atoms with van der Waals surface area (Å²) in [5, 5.41) is 0. The minimum Gasteiger partial charge on any atom is -0.469 e. The Morgan fingerprint density at radius 1 is 1.31 bits per heavy atom. The number of carbonyl (C=O) groups excluding carboxylic acids is 1. The van der Waals surface area contributed by atoms with Gasteiger partial charge in [0, 0.05) is 22.3 Å². The van der Waals surface area contributed by atoms with Gasteiger partial charge in [0.2, 0.25) is 0 Å². The van der Waals surface area contributed by atoms with Gasteiger partial charge in [0.15, 0.2) is 0 Å². The Hall–Kier alpha value is -0.380. The number of carbonyl (C=O) groups is 1. The molecule has 0 aliphatic rings. The number of esters is 1. The normalized spacial score (nSPS) is 12.5. The van der Waals surface area contributed by atoms with Crippen LogP contribution in [0.5, 0.6) is 0 Å². The van der Waals surface area contributed by atoms with Crippen LogP contribution in [0, 0.1) is 0 Å². The first-order valence-corrected chi connectivity index (χ1v) is 6.11. The second-order valence-electron chi connectivity index (χ2n) is 2.88. The molecule has 0 fully saturated rings. The molecule has 0 aromatic heterocycles. The van der Waals surface area contributed by atoms with Gasteiger partial charge in [-0.3, -0.25) is 9.00 Å². The van der Waals surface area contributed by atoms with E-state index in [1.54, 1.807) is 0 Å². The zero-order chi connectivity index (χ0) is 10.1. The van der Waals surface area contributed by atoms with Crippen molar-refractivity contribution in [2.24, 2.45) is 0 Å². The molecule has 3 nitrogen and oxygen atoms in total. The Bertz CT molecular complexity index is 168. The Balaban J connectivity index is 3.35. The number of rotatable bonds is 7. The molecule has 0 aliphatic heterocycles. The van der Waals surface area contributed by atoms with Crippen LogP contribution in [0.1, 0.15) is 32.6 Å². The maximum atomic E-state index is 11.2. The molecule has 0 spiro atoms. The number of unbranched alkanes of at least 4 members (excludes halogenated alkanes) is 2. The molecule has 78 valence electrons. The lowest BCUT2D eigenvalue weighted by atomic mass is 10.3. The summed E-state index contributed by atoms with van der Waals surface area (Å²) in [6.07, 6.45) is 3.51. The number of hydrogen-bond acceptors (Lipinski definition) is 3. The highest BCUT2D eigenvalue weighted by molar-refractivity contribution is 7.84. The van der Waals surface area contributed by atoms with Crippen molar-refractivity contribution < 1.29 is 13.7 Å². The Morgan fingerprint density at radius 2 is 2.00 bits per heavy atom. The molecule has 0 saturated heterocycles. The van der Waals surface area contributed by atoms with Gasteiger partial charge in [-0.25, -0.2) is 0 Å². The molecule has 1 atom stereocenters. The van der Waals surface area contributed by atoms with Crippen molar-refractivity contribution in [3.05, 3.63) is 0 Å². The molecule has 0 rings (SSSR count). The number of ether oxygens (including phenoxy) is 1. The summed E-state index contributed by atoms with van der Waals surface area (Å²) < 4.78 is 15.7. The quantitative estimate of drug-likeness (QED) is 0.468. The molecular formula is C9H18O3S. The molecule has 0 saturated carbocycles. The van der Waals surface area contributed by atoms with E-state index in [4.69, 9.17) is 0 Å². The monoisotopic (exact) mass is 206 g/mol. The van der Waals surface area contributed by atoms with Crippen LogP contribution in [0.15, 0.2) is 0 Å². The van der Waals surface area contributed by atoms with Crippen molar-refractivity contribution in [1.82, 2.24) is 0 Å². The lowest BCUT2D eigenvalue weighted by molar-refractivity contribution is -0.140. The highest BCUT2D eigenvalue weighted by atomic mass is 32.2. The first kappa shape index (κ1) is 12.6. The average Bonchev–Trinajstić information content (AvgIpc) is 2.14. The maximum Gasteiger partial charge on any atom is 0.306 e. The fourth-order valence-corrected chi connectivity index (χ4v) is 2.04. The van der Waals surface area contributed by atoms with E-state index in [2.05, 4.69) is 11.7 Å². The smallest absolute Gasteiger partial charge is 0.306 e. The zero-order valence-corrected chi connectivity index (χ0v) is 9.19. The first-order chi connectivity index (χ1) is 6.20. The number of hydrogen-bond donors (Lipinski definition) is 0. The second kappa shape index (κ2) is 8.23. The lowest BCUT2D eigenvalue weighted by Gasteiger charge is -2.00. The topological polar surface area (TPSA) is 43.4 Å². The van der Waals surface area contributed by atoms with Crippen molar-refractivity contribution in [3.8, 4) is 0 Å². The lowest BCUT2D eigenvalue weighted by Crippen LogP contribution is -2.09. The van der Waals surface area contributed by atoms with Gasteiger partial charge >= 0.3 is 5.97 Å². The molecule has 0 amide bonds. The molecular weight excluding hydrogens is 188 g/mol. The Kier molecular flexibility index (Phi) is 7.99. The predicted octanol–water partition coefficient (Wildman–Crippen LogP) is 1.49. The van der Waals surface area contributed by atoms with Gasteiger partial charge < -0.3 is 4.74 Å². The average molecular weight is 206 g/mol. The van der Waals surface area contributed by atoms with E-state index >= 15 is 0 Å². The van der Waals surface area contributed by atoms with Crippen molar-refractivity contribution in [2.75, 3.05) is 18.6 Å². The molecule has 0 aromatic carbocycles. The van der Waals surface area contributed by atoms with Gasteiger partial charge in [-0.1, -0.05) is 19.8 Å². The van der Waals surface area contributed by atoms with E-state index in [0.29, 0.717) is 11.5 Å². The highest BCUT2D eigenvalue weighted by Gasteiger charge is 2.04. The summed E-state index contributed by atoms with van der Waals surface area (Å²) in [5.41, 5.74) is 0. The maximum absolute atomic E-state index is 11.2. The summed E-state index contributed by atoms with van der Waals surface area (Å²) in [7, 11) is 0.505. The van der Waals surface area contributed by atoms with Crippen LogP contribution >= 0.6 is 0 Å². The van der Waals surface area contributed by atoms with Gasteiger partial charge in [-0.2, -0.15) is 0 Å². The third-order valence-corrected chi connectivity index (χ3v) is 3.14. The van der Waals surface area contributed by atoms with Crippen molar-refractivity contribution in [1.29, 1.82) is 0 Å². The Labute approximate surface area is 82.3 Å². The van der Waals surface area contributed by atoms with Crippen LogP contribution in [0.25, 0.3) is 0 Å². The van der Waals surface area contributed by atoms with Crippen LogP contribution in [0.4, 0.5) is 0 Å². The molecule has 1 unspecified atom stereocenters. The Morgan fingerprint density at radius 3 is 2.54 bits per heavy atom. The van der Waals surface area contributed by atoms with Crippen LogP contribution in [0.3, 0.4) is 0 Å². The van der Waals surface area contributed by atoms with Gasteiger partial charge in [0.1, 0.15) is 0 Å². The highest BCUT2D eigenvalue weighted by Crippen LogP contribution is 1.98. The van der Waals surface area contributed by atoms with Crippen LogP contribution in [-0.4, -0.2) is 28.8 Å². The second-order valence-corrected chi connectivity index (χ2v) is 4.58. The standard InChI is InChI=1S/C9H18O3S/c1-3-4-5-7-13(11)8-6-9(10)12-2/h3-8H2,1-2H3. The molecule has 0 radical (unpaired) electrons. The van der Waals surface area contributed by atoms with Crippen LogP contribution in [0.2, 0.25) is 0 Å². The van der Waals surface area contributed by atoms with E-state index in [-0.39, 0.29) is 12.4 Å². The van der Waals surface area contributed by atoms with Crippen LogP contribution in [-0.2, 0) is 20.3 Å². The minimum atomic E-state index is -0.845. The molecule has 0 aliphatic carbocycles. The van der Waals surface area contributed by atoms with E-state index in [1.165, 1.54) is 7.11 Å². The van der Waals surface area contributed by atoms with E-state index in [9.17, 15) is 9.00 Å². The number of methoxy groups -OCH3 is 1. The summed E-state index contributed by atoms with van der Waals surface area (Å²) in [6.45, 7) is 2.11. The van der Waals surface area contributed by atoms with Crippen LogP contribution < -0.4 is 0 Å². The summed E-state index contributed by atoms with van der Waals surface area (Å²) >= 11 is 0. The SMILES string of the molecule is CCCCCS(=O)CCC(=O)OC. The van der Waals surface area contributed by atoms with Gasteiger partial charge in [0.25, 0.3) is 0 Å². The molecule has 0 aromatic rings. The fraction of sp³-hybridized carbons (Fsp3) is 0.889. The fourth-order valence-electron chi connectivity index (χ4n) is 0.914. The molecule has 4 heteroatoms. The zero-order valence-electron chi connectivity index (χ0n) is 8.38. The van der Waals surface area contributed by atoms with Gasteiger partial charge in [-0.05, 0) is 6.42 Å². The summed E-state index contributed by atoms with van der Waals surface area (Å²) in [5.74, 6) is 0.880. The van der Waals surface area contributed by atoms with E-state index < -0.39 is 10.8 Å². The van der Waals surface area contributed by atoms with Gasteiger partial charge in [-0.15, -0.1) is 0 Å². The minimum absolute atomic E-state index is 0.273. The predicted molar refractivity (Wildman–Crippen MR) is 54.0 cm³/mol. The third kappa shape index (κ3) is 7.96. The summed E-state index contributed by atoms with van der Waals surface area (Å²) in [6, 6.07) is 0. The molecule has 13 heavy (non-hydrogen) atoms. The van der Waals surface area contributed by atoms with Crippen molar-refractivity contribution in [2.45, 2.75) is 32.6 Å². The molecule has 0 N–H and O–H groups in total. The van der Waals surface area contributed by atoms with E-state index in [1.807, 2.05) is 0 Å². The first-order valence-electron chi connectivity index (χ1n) is 4.62. The van der Waals surface area contributed by atoms with Gasteiger partial charge in [0.05, 0.1) is 13.5 Å². The van der Waals surface area contributed by atoms with E-state index in [0.717, 1.165) is 19.3 Å². The molecule has 0 bridgehead atoms. The third-order valence-electron chi connectivity index (χ3n) is 1.74. The largest absolute Gasteiger partial charge is 0.469 e. The van der Waals surface area contributed by atoms with Crippen molar-refractivity contribution >= 4 is 16.8 Å². The summed E-state index contributed by atoms with van der Waals surface area (Å²) in [4.78, 5) is 10.7. The van der Waals surface area contributed by atoms with Crippen molar-refractivity contribution in [3.63, 3.8) is 0 Å². The molecule has 0 heterocycles.